The average Bonchev–Trinajstić information content (AvgIpc) is 3.35. The highest BCUT2D eigenvalue weighted by Gasteiger charge is 2.22. The van der Waals surface area contributed by atoms with Gasteiger partial charge in [-0.15, -0.1) is 0 Å². The number of nitrogens with zero attached hydrogens (tertiary/aromatic N) is 2. The van der Waals surface area contributed by atoms with Crippen LogP contribution in [0.2, 0.25) is 0 Å². The van der Waals surface area contributed by atoms with Crippen LogP contribution in [-0.4, -0.2) is 25.0 Å². The van der Waals surface area contributed by atoms with Crippen molar-refractivity contribution in [1.82, 2.24) is 4.90 Å². The van der Waals surface area contributed by atoms with Crippen molar-refractivity contribution in [3.05, 3.63) is 89.5 Å². The van der Waals surface area contributed by atoms with E-state index in [0.717, 1.165) is 19.5 Å². The molecule has 1 saturated heterocycles. The number of hydrogen-bond donors (Lipinski definition) is 0. The normalized spacial score (nSPS) is 19.2. The Bertz CT molecular complexity index is 943. The number of rotatable bonds is 4. The Hall–Kier alpha value is -2.58. The van der Waals surface area contributed by atoms with Crippen LogP contribution in [0.5, 0.6) is 0 Å². The van der Waals surface area contributed by atoms with Gasteiger partial charge in [-0.3, -0.25) is 4.90 Å². The summed E-state index contributed by atoms with van der Waals surface area (Å²) in [5.41, 5.74) is 8.32. The van der Waals surface area contributed by atoms with Gasteiger partial charge in [0.25, 0.3) is 0 Å². The van der Waals surface area contributed by atoms with Crippen LogP contribution < -0.4 is 4.90 Å². The number of para-hydroxylation sites is 1. The maximum Gasteiger partial charge on any atom is 0.0429 e. The molecule has 142 valence electrons. The van der Waals surface area contributed by atoms with E-state index in [1.54, 1.807) is 0 Å². The van der Waals surface area contributed by atoms with Crippen molar-refractivity contribution in [1.29, 1.82) is 0 Å². The van der Waals surface area contributed by atoms with E-state index in [9.17, 15) is 0 Å². The molecule has 2 aliphatic heterocycles. The maximum absolute atomic E-state index is 2.50. The number of fused-ring (bicyclic) bond motifs is 1. The van der Waals surface area contributed by atoms with Crippen molar-refractivity contribution in [2.75, 3.05) is 25.0 Å². The smallest absolute Gasteiger partial charge is 0.0429 e. The third-order valence-corrected chi connectivity index (χ3v) is 6.46. The first-order valence-electron chi connectivity index (χ1n) is 10.5. The number of likely N-dealkylation sites (tertiary alicyclic amines) is 1. The zero-order valence-electron chi connectivity index (χ0n) is 16.6. The predicted molar refractivity (Wildman–Crippen MR) is 118 cm³/mol. The molecule has 28 heavy (non-hydrogen) atoms. The van der Waals surface area contributed by atoms with Crippen LogP contribution in [0.25, 0.3) is 11.1 Å². The summed E-state index contributed by atoms with van der Waals surface area (Å²) in [5, 5.41) is 0. The molecular formula is C26H28N2. The van der Waals surface area contributed by atoms with Crippen molar-refractivity contribution in [2.45, 2.75) is 31.8 Å². The standard InChI is InChI=1S/C26H28N2/c1-27-17-4-7-25(27)24-14-12-22(13-15-24)21-10-8-20(9-11-21)19-28-18-16-23-5-2-3-6-26(23)28/h2-3,5-6,8-15,25H,4,7,16-19H2,1H3. The Morgan fingerprint density at radius 1 is 0.821 bits per heavy atom. The van der Waals surface area contributed by atoms with Crippen molar-refractivity contribution >= 4 is 5.69 Å². The third kappa shape index (κ3) is 3.33. The van der Waals surface area contributed by atoms with Gasteiger partial charge < -0.3 is 4.90 Å². The van der Waals surface area contributed by atoms with Crippen molar-refractivity contribution < 1.29 is 0 Å². The van der Waals surface area contributed by atoms with Crippen LogP contribution >= 0.6 is 0 Å². The Kier molecular flexibility index (Phi) is 4.66. The van der Waals surface area contributed by atoms with Crippen molar-refractivity contribution in [3.63, 3.8) is 0 Å². The van der Waals surface area contributed by atoms with Gasteiger partial charge in [0.15, 0.2) is 0 Å². The quantitative estimate of drug-likeness (QED) is 0.584. The van der Waals surface area contributed by atoms with Gasteiger partial charge >= 0.3 is 0 Å². The zero-order chi connectivity index (χ0) is 18.9. The lowest BCUT2D eigenvalue weighted by Gasteiger charge is -2.20. The number of benzene rings is 3. The van der Waals surface area contributed by atoms with E-state index >= 15 is 0 Å². The van der Waals surface area contributed by atoms with Crippen LogP contribution in [-0.2, 0) is 13.0 Å². The fourth-order valence-electron chi connectivity index (χ4n) is 4.82. The first-order chi connectivity index (χ1) is 13.8. The van der Waals surface area contributed by atoms with E-state index in [-0.39, 0.29) is 0 Å². The fraction of sp³-hybridized carbons (Fsp3) is 0.308. The lowest BCUT2D eigenvalue weighted by atomic mass is 9.99. The second-order valence-electron chi connectivity index (χ2n) is 8.26. The SMILES string of the molecule is CN1CCCC1c1ccc(-c2ccc(CN3CCc4ccccc43)cc2)cc1. The number of anilines is 1. The van der Waals surface area contributed by atoms with Gasteiger partial charge in [0, 0.05) is 24.8 Å². The zero-order valence-corrected chi connectivity index (χ0v) is 16.6. The summed E-state index contributed by atoms with van der Waals surface area (Å²) in [6.45, 7) is 3.33. The fourth-order valence-corrected chi connectivity index (χ4v) is 4.82. The highest BCUT2D eigenvalue weighted by Crippen LogP contribution is 2.32. The molecule has 0 spiro atoms. The Morgan fingerprint density at radius 3 is 2.25 bits per heavy atom. The Labute approximate surface area is 168 Å². The summed E-state index contributed by atoms with van der Waals surface area (Å²) in [7, 11) is 2.24. The molecule has 0 amide bonds. The van der Waals surface area contributed by atoms with Gasteiger partial charge in [0.2, 0.25) is 0 Å². The lowest BCUT2D eigenvalue weighted by Crippen LogP contribution is -2.19. The van der Waals surface area contributed by atoms with Crippen LogP contribution in [0.3, 0.4) is 0 Å². The molecule has 1 fully saturated rings. The van der Waals surface area contributed by atoms with E-state index in [2.05, 4.69) is 89.6 Å². The first kappa shape index (κ1) is 17.5. The van der Waals surface area contributed by atoms with Crippen LogP contribution in [0.1, 0.15) is 35.6 Å². The second-order valence-corrected chi connectivity index (χ2v) is 8.26. The van der Waals surface area contributed by atoms with Crippen LogP contribution in [0.15, 0.2) is 72.8 Å². The molecule has 0 aromatic heterocycles. The van der Waals surface area contributed by atoms with Gasteiger partial charge in [-0.05, 0) is 66.7 Å². The number of hydrogen-bond acceptors (Lipinski definition) is 2. The maximum atomic E-state index is 2.50. The van der Waals surface area contributed by atoms with E-state index in [0.29, 0.717) is 6.04 Å². The Balaban J connectivity index is 1.29. The summed E-state index contributed by atoms with van der Waals surface area (Å²) < 4.78 is 0. The Morgan fingerprint density at radius 2 is 1.54 bits per heavy atom. The average molecular weight is 369 g/mol. The third-order valence-electron chi connectivity index (χ3n) is 6.46. The molecule has 0 bridgehead atoms. The lowest BCUT2D eigenvalue weighted by molar-refractivity contribution is 0.317. The molecule has 0 radical (unpaired) electrons. The second kappa shape index (κ2) is 7.44. The molecule has 3 aromatic rings. The van der Waals surface area contributed by atoms with Gasteiger partial charge in [-0.1, -0.05) is 66.7 Å². The van der Waals surface area contributed by atoms with Gasteiger partial charge in [0.1, 0.15) is 0 Å². The largest absolute Gasteiger partial charge is 0.367 e. The van der Waals surface area contributed by atoms with Gasteiger partial charge in [-0.2, -0.15) is 0 Å². The van der Waals surface area contributed by atoms with E-state index in [1.807, 2.05) is 0 Å². The van der Waals surface area contributed by atoms with Crippen molar-refractivity contribution in [2.24, 2.45) is 0 Å². The predicted octanol–water partition coefficient (Wildman–Crippen LogP) is 5.68. The molecule has 1 atom stereocenters. The first-order valence-corrected chi connectivity index (χ1v) is 10.5. The summed E-state index contributed by atoms with van der Waals surface area (Å²) in [5.74, 6) is 0. The summed E-state index contributed by atoms with van der Waals surface area (Å²) in [4.78, 5) is 4.97. The molecule has 3 aromatic carbocycles. The molecule has 2 heteroatoms. The van der Waals surface area contributed by atoms with E-state index in [4.69, 9.17) is 0 Å². The minimum atomic E-state index is 0.597. The highest BCUT2D eigenvalue weighted by atomic mass is 15.1. The van der Waals surface area contributed by atoms with Gasteiger partial charge in [-0.25, -0.2) is 0 Å². The van der Waals surface area contributed by atoms with E-state index in [1.165, 1.54) is 52.9 Å². The van der Waals surface area contributed by atoms with Crippen molar-refractivity contribution in [3.8, 4) is 11.1 Å². The molecule has 1 unspecified atom stereocenters. The molecule has 2 aliphatic rings. The molecule has 0 saturated carbocycles. The monoisotopic (exact) mass is 368 g/mol. The van der Waals surface area contributed by atoms with Gasteiger partial charge in [0.05, 0.1) is 0 Å². The summed E-state index contributed by atoms with van der Waals surface area (Å²) >= 11 is 0. The topological polar surface area (TPSA) is 6.48 Å². The minimum absolute atomic E-state index is 0.597. The molecule has 2 nitrogen and oxygen atoms in total. The molecule has 5 rings (SSSR count). The van der Waals surface area contributed by atoms with Crippen LogP contribution in [0, 0.1) is 0 Å². The van der Waals surface area contributed by atoms with Crippen LogP contribution in [0.4, 0.5) is 5.69 Å². The molecule has 0 N–H and O–H groups in total. The summed E-state index contributed by atoms with van der Waals surface area (Å²) in [6.07, 6.45) is 3.76. The summed E-state index contributed by atoms with van der Waals surface area (Å²) in [6, 6.07) is 27.7. The minimum Gasteiger partial charge on any atom is -0.367 e. The molecular weight excluding hydrogens is 340 g/mol. The molecule has 2 heterocycles. The van der Waals surface area contributed by atoms with E-state index < -0.39 is 0 Å². The molecule has 0 aliphatic carbocycles. The highest BCUT2D eigenvalue weighted by molar-refractivity contribution is 5.64.